The summed E-state index contributed by atoms with van der Waals surface area (Å²) in [5.74, 6) is 1.64. The van der Waals surface area contributed by atoms with Crippen LogP contribution in [0.1, 0.15) is 34.7 Å². The van der Waals surface area contributed by atoms with Crippen molar-refractivity contribution in [1.82, 2.24) is 15.3 Å². The molecule has 32 heavy (non-hydrogen) atoms. The molecule has 0 aliphatic carbocycles. The largest absolute Gasteiger partial charge is 0.457 e. The van der Waals surface area contributed by atoms with Crippen LogP contribution >= 0.6 is 12.2 Å². The first-order valence-corrected chi connectivity index (χ1v) is 11.0. The van der Waals surface area contributed by atoms with E-state index in [0.29, 0.717) is 5.11 Å². The molecule has 1 aliphatic heterocycles. The topological polar surface area (TPSA) is 53.2 Å². The Kier molecular flexibility index (Phi) is 5.37. The summed E-state index contributed by atoms with van der Waals surface area (Å²) in [6.07, 6.45) is 1.82. The van der Waals surface area contributed by atoms with Crippen LogP contribution in [0.2, 0.25) is 0 Å². The summed E-state index contributed by atoms with van der Waals surface area (Å²) in [7, 11) is 0. The van der Waals surface area contributed by atoms with Crippen LogP contribution in [0.25, 0.3) is 0 Å². The normalized spacial score (nSPS) is 17.9. The Morgan fingerprint density at radius 1 is 0.906 bits per heavy atom. The summed E-state index contributed by atoms with van der Waals surface area (Å²) in [4.78, 5) is 10.2. The molecule has 0 unspecified atom stereocenters. The highest BCUT2D eigenvalue weighted by Crippen LogP contribution is 2.41. The van der Waals surface area contributed by atoms with Crippen molar-refractivity contribution < 1.29 is 4.74 Å². The van der Waals surface area contributed by atoms with Crippen LogP contribution in [0.5, 0.6) is 11.5 Å². The summed E-state index contributed by atoms with van der Waals surface area (Å²) < 4.78 is 6.08. The summed E-state index contributed by atoms with van der Waals surface area (Å²) in [6, 6.07) is 26.1. The van der Waals surface area contributed by atoms with Crippen molar-refractivity contribution in [1.29, 1.82) is 0 Å². The molecule has 0 spiro atoms. The molecule has 1 fully saturated rings. The van der Waals surface area contributed by atoms with Crippen molar-refractivity contribution in [3.8, 4) is 11.5 Å². The Balaban J connectivity index is 1.48. The number of thiocarbonyl (C=S) groups is 1. The molecule has 5 rings (SSSR count). The molecule has 6 heteroatoms. The third-order valence-corrected chi connectivity index (χ3v) is 6.02. The predicted octanol–water partition coefficient (Wildman–Crippen LogP) is 6.00. The highest BCUT2D eigenvalue weighted by Gasteiger charge is 2.41. The second-order valence-corrected chi connectivity index (χ2v) is 8.34. The first-order valence-electron chi connectivity index (χ1n) is 10.6. The van der Waals surface area contributed by atoms with Gasteiger partial charge in [0.15, 0.2) is 5.11 Å². The number of pyridine rings is 1. The van der Waals surface area contributed by atoms with Crippen LogP contribution in [0.3, 0.4) is 0 Å². The SMILES string of the molecule is Cc1ccc([C@H]2[C@H](c3ccccn3)NC(=S)N2c2ccc(Oc3ccccc3C)cc2)[nH]1. The number of nitrogens with zero attached hydrogens (tertiary/aromatic N) is 2. The van der Waals surface area contributed by atoms with Gasteiger partial charge in [0.25, 0.3) is 0 Å². The van der Waals surface area contributed by atoms with Gasteiger partial charge >= 0.3 is 0 Å². The molecule has 0 radical (unpaired) electrons. The Morgan fingerprint density at radius 3 is 2.38 bits per heavy atom. The van der Waals surface area contributed by atoms with Crippen LogP contribution in [-0.2, 0) is 0 Å². The molecular weight excluding hydrogens is 416 g/mol. The van der Waals surface area contributed by atoms with Gasteiger partial charge in [0.2, 0.25) is 0 Å². The van der Waals surface area contributed by atoms with Gasteiger partial charge < -0.3 is 19.9 Å². The van der Waals surface area contributed by atoms with Crippen molar-refractivity contribution >= 4 is 23.0 Å². The third-order valence-electron chi connectivity index (χ3n) is 5.71. The van der Waals surface area contributed by atoms with Gasteiger partial charge in [0.1, 0.15) is 17.5 Å². The zero-order valence-electron chi connectivity index (χ0n) is 17.9. The zero-order chi connectivity index (χ0) is 22.1. The van der Waals surface area contributed by atoms with Crippen LogP contribution < -0.4 is 15.0 Å². The number of benzene rings is 2. The monoisotopic (exact) mass is 440 g/mol. The number of rotatable bonds is 5. The lowest BCUT2D eigenvalue weighted by Crippen LogP contribution is -2.29. The molecule has 2 N–H and O–H groups in total. The first-order chi connectivity index (χ1) is 15.6. The Labute approximate surface area is 193 Å². The number of aromatic nitrogens is 2. The minimum Gasteiger partial charge on any atom is -0.457 e. The van der Waals surface area contributed by atoms with Crippen LogP contribution in [0.15, 0.2) is 85.1 Å². The Morgan fingerprint density at radius 2 is 1.69 bits per heavy atom. The van der Waals surface area contributed by atoms with Gasteiger partial charge in [-0.1, -0.05) is 24.3 Å². The van der Waals surface area contributed by atoms with E-state index in [1.807, 2.05) is 79.9 Å². The minimum atomic E-state index is -0.0651. The smallest absolute Gasteiger partial charge is 0.174 e. The fourth-order valence-corrected chi connectivity index (χ4v) is 4.47. The molecule has 5 nitrogen and oxygen atoms in total. The first kappa shape index (κ1) is 20.3. The van der Waals surface area contributed by atoms with Crippen molar-refractivity contribution in [2.24, 2.45) is 0 Å². The van der Waals surface area contributed by atoms with Crippen LogP contribution in [-0.4, -0.2) is 15.1 Å². The Bertz CT molecular complexity index is 1240. The maximum absolute atomic E-state index is 6.08. The van der Waals surface area contributed by atoms with Gasteiger partial charge in [-0.05, 0) is 86.2 Å². The van der Waals surface area contributed by atoms with E-state index in [0.717, 1.165) is 39.8 Å². The number of para-hydroxylation sites is 1. The number of anilines is 1. The molecule has 2 atom stereocenters. The molecule has 160 valence electrons. The van der Waals surface area contributed by atoms with E-state index in [-0.39, 0.29) is 12.1 Å². The molecule has 0 amide bonds. The van der Waals surface area contributed by atoms with Crippen molar-refractivity contribution in [2.75, 3.05) is 4.90 Å². The molecule has 0 saturated carbocycles. The molecule has 2 aromatic carbocycles. The lowest BCUT2D eigenvalue weighted by atomic mass is 10.0. The number of hydrogen-bond acceptors (Lipinski definition) is 3. The maximum atomic E-state index is 6.08. The fourth-order valence-electron chi connectivity index (χ4n) is 4.12. The second-order valence-electron chi connectivity index (χ2n) is 7.95. The van der Waals surface area contributed by atoms with Gasteiger partial charge in [0.05, 0.1) is 11.7 Å². The summed E-state index contributed by atoms with van der Waals surface area (Å²) >= 11 is 5.78. The maximum Gasteiger partial charge on any atom is 0.174 e. The van der Waals surface area contributed by atoms with Gasteiger partial charge in [-0.15, -0.1) is 0 Å². The standard InChI is InChI=1S/C26H24N4OS/c1-17-7-3-4-9-23(17)31-20-13-11-19(12-14-20)30-25(22-15-10-18(2)28-22)24(29-26(30)32)21-8-5-6-16-27-21/h3-16,24-25,28H,1-2H3,(H,29,32)/t24-,25-/m0/s1. The second kappa shape index (κ2) is 8.48. The van der Waals surface area contributed by atoms with Crippen molar-refractivity contribution in [2.45, 2.75) is 25.9 Å². The molecule has 3 heterocycles. The number of aromatic amines is 1. The molecule has 2 aromatic heterocycles. The lowest BCUT2D eigenvalue weighted by molar-refractivity contribution is 0.479. The molecule has 1 saturated heterocycles. The average Bonchev–Trinajstić information content (AvgIpc) is 3.39. The third kappa shape index (κ3) is 3.85. The Hall–Kier alpha value is -3.64. The van der Waals surface area contributed by atoms with Gasteiger partial charge in [-0.3, -0.25) is 4.98 Å². The van der Waals surface area contributed by atoms with Gasteiger partial charge in [-0.2, -0.15) is 0 Å². The average molecular weight is 441 g/mol. The summed E-state index contributed by atoms with van der Waals surface area (Å²) in [6.45, 7) is 4.10. The van der Waals surface area contributed by atoms with E-state index >= 15 is 0 Å². The van der Waals surface area contributed by atoms with E-state index in [1.165, 1.54) is 0 Å². The lowest BCUT2D eigenvalue weighted by Gasteiger charge is -2.27. The predicted molar refractivity (Wildman–Crippen MR) is 131 cm³/mol. The molecule has 4 aromatic rings. The van der Waals surface area contributed by atoms with Crippen LogP contribution in [0, 0.1) is 13.8 Å². The molecule has 1 aliphatic rings. The fraction of sp³-hybridized carbons (Fsp3) is 0.154. The zero-order valence-corrected chi connectivity index (χ0v) is 18.8. The van der Waals surface area contributed by atoms with Gasteiger partial charge in [0, 0.05) is 23.3 Å². The van der Waals surface area contributed by atoms with Crippen LogP contribution in [0.4, 0.5) is 5.69 Å². The minimum absolute atomic E-state index is 0.0470. The molecular formula is C26H24N4OS. The van der Waals surface area contributed by atoms with E-state index in [9.17, 15) is 0 Å². The summed E-state index contributed by atoms with van der Waals surface area (Å²) in [5, 5.41) is 4.15. The van der Waals surface area contributed by atoms with E-state index in [1.54, 1.807) is 0 Å². The van der Waals surface area contributed by atoms with Crippen molar-refractivity contribution in [3.63, 3.8) is 0 Å². The number of aryl methyl sites for hydroxylation is 2. The van der Waals surface area contributed by atoms with E-state index in [2.05, 4.69) is 39.2 Å². The van der Waals surface area contributed by atoms with E-state index < -0.39 is 0 Å². The van der Waals surface area contributed by atoms with E-state index in [4.69, 9.17) is 17.0 Å². The highest BCUT2D eigenvalue weighted by molar-refractivity contribution is 7.80. The number of hydrogen-bond donors (Lipinski definition) is 2. The number of H-pyrrole nitrogens is 1. The summed E-state index contributed by atoms with van der Waals surface area (Å²) in [5.41, 5.74) is 5.25. The quantitative estimate of drug-likeness (QED) is 0.373. The number of nitrogens with one attached hydrogen (secondary N) is 2. The highest BCUT2D eigenvalue weighted by atomic mass is 32.1. The van der Waals surface area contributed by atoms with Crippen molar-refractivity contribution in [3.05, 3.63) is 108 Å². The molecule has 0 bridgehead atoms. The van der Waals surface area contributed by atoms with Gasteiger partial charge in [-0.25, -0.2) is 0 Å². The number of ether oxygens (including phenoxy) is 1.